The minimum absolute atomic E-state index is 0.0275. The molecule has 0 saturated heterocycles. The van der Waals surface area contributed by atoms with Crippen LogP contribution in [0, 0.1) is 0 Å². The van der Waals surface area contributed by atoms with Crippen molar-refractivity contribution in [2.24, 2.45) is 0 Å². The normalized spacial score (nSPS) is 13.8. The van der Waals surface area contributed by atoms with Gasteiger partial charge in [-0.05, 0) is 6.07 Å². The molecule has 3 heteroatoms. The second kappa shape index (κ2) is 3.70. The van der Waals surface area contributed by atoms with E-state index in [0.717, 1.165) is 0 Å². The summed E-state index contributed by atoms with van der Waals surface area (Å²) in [5.41, 5.74) is 1.91. The molecule has 2 aromatic rings. The topological polar surface area (TPSA) is 39.1 Å². The molecule has 17 heavy (non-hydrogen) atoms. The van der Waals surface area contributed by atoms with Crippen molar-refractivity contribution >= 4 is 11.6 Å². The van der Waals surface area contributed by atoms with Crippen molar-refractivity contribution in [3.63, 3.8) is 0 Å². The maximum absolute atomic E-state index is 12.1. The molecule has 0 saturated carbocycles. The minimum atomic E-state index is -0.0275. The van der Waals surface area contributed by atoms with Gasteiger partial charge in [-0.25, -0.2) is 0 Å². The fraction of sp³-hybridized carbons (Fsp3) is 0.143. The maximum atomic E-state index is 12.1. The van der Waals surface area contributed by atoms with Crippen LogP contribution in [0.4, 0.5) is 0 Å². The first-order valence-corrected chi connectivity index (χ1v) is 5.59. The van der Waals surface area contributed by atoms with Gasteiger partial charge in [0.05, 0.1) is 5.69 Å². The third-order valence-corrected chi connectivity index (χ3v) is 3.06. The first-order chi connectivity index (χ1) is 8.25. The molecule has 0 atom stereocenters. The summed E-state index contributed by atoms with van der Waals surface area (Å²) in [4.78, 5) is 23.6. The number of ketones is 2. The fourth-order valence-electron chi connectivity index (χ4n) is 2.16. The van der Waals surface area contributed by atoms with E-state index >= 15 is 0 Å². The third kappa shape index (κ3) is 1.60. The lowest BCUT2D eigenvalue weighted by atomic mass is 10.1. The number of aryl methyl sites for hydroxylation is 1. The van der Waals surface area contributed by atoms with E-state index in [1.807, 2.05) is 22.8 Å². The molecular formula is C14H11NO2. The van der Waals surface area contributed by atoms with Gasteiger partial charge < -0.3 is 4.57 Å². The molecule has 0 bridgehead atoms. The first kappa shape index (κ1) is 10.0. The smallest absolute Gasteiger partial charge is 0.194 e. The highest BCUT2D eigenvalue weighted by atomic mass is 16.1. The highest BCUT2D eigenvalue weighted by molar-refractivity contribution is 6.10. The van der Waals surface area contributed by atoms with Gasteiger partial charge in [-0.15, -0.1) is 0 Å². The summed E-state index contributed by atoms with van der Waals surface area (Å²) in [7, 11) is 0. The number of rotatable bonds is 2. The zero-order valence-electron chi connectivity index (χ0n) is 9.22. The molecule has 3 rings (SSSR count). The average molecular weight is 225 g/mol. The fourth-order valence-corrected chi connectivity index (χ4v) is 2.16. The minimum Gasteiger partial charge on any atom is -0.344 e. The number of nitrogens with zero attached hydrogens (tertiary/aromatic N) is 1. The van der Waals surface area contributed by atoms with Crippen molar-refractivity contribution < 1.29 is 9.59 Å². The molecular weight excluding hydrogens is 214 g/mol. The van der Waals surface area contributed by atoms with Gasteiger partial charge in [0, 0.05) is 30.3 Å². The summed E-state index contributed by atoms with van der Waals surface area (Å²) in [5, 5.41) is 0. The highest BCUT2D eigenvalue weighted by Gasteiger charge is 2.22. The molecule has 0 spiro atoms. The van der Waals surface area contributed by atoms with E-state index in [1.165, 1.54) is 0 Å². The molecule has 1 aliphatic rings. The Labute approximate surface area is 98.7 Å². The molecule has 1 aromatic carbocycles. The predicted molar refractivity (Wildman–Crippen MR) is 63.3 cm³/mol. The molecule has 0 fully saturated rings. The lowest BCUT2D eigenvalue weighted by Gasteiger charge is -1.97. The summed E-state index contributed by atoms with van der Waals surface area (Å²) >= 11 is 0. The van der Waals surface area contributed by atoms with Gasteiger partial charge >= 0.3 is 0 Å². The molecule has 3 nitrogen and oxygen atoms in total. The predicted octanol–water partition coefficient (Wildman–Crippen LogP) is 2.31. The number of hydrogen-bond donors (Lipinski definition) is 0. The Balaban J connectivity index is 1.99. The largest absolute Gasteiger partial charge is 0.344 e. The van der Waals surface area contributed by atoms with E-state index in [-0.39, 0.29) is 11.6 Å². The number of hydrogen-bond acceptors (Lipinski definition) is 2. The van der Waals surface area contributed by atoms with Crippen LogP contribution in [-0.4, -0.2) is 16.1 Å². The zero-order chi connectivity index (χ0) is 11.8. The summed E-state index contributed by atoms with van der Waals surface area (Å²) in [6, 6.07) is 10.8. The van der Waals surface area contributed by atoms with E-state index in [0.29, 0.717) is 29.8 Å². The molecule has 0 N–H and O–H groups in total. The molecule has 2 heterocycles. The van der Waals surface area contributed by atoms with Gasteiger partial charge in [0.25, 0.3) is 0 Å². The van der Waals surface area contributed by atoms with Crippen LogP contribution in [0.1, 0.15) is 32.8 Å². The van der Waals surface area contributed by atoms with Crippen molar-refractivity contribution in [3.05, 3.63) is 59.4 Å². The van der Waals surface area contributed by atoms with E-state index in [1.54, 1.807) is 24.4 Å². The van der Waals surface area contributed by atoms with Crippen molar-refractivity contribution in [2.45, 2.75) is 13.0 Å². The van der Waals surface area contributed by atoms with Gasteiger partial charge in [-0.3, -0.25) is 9.59 Å². The van der Waals surface area contributed by atoms with Gasteiger partial charge in [0.15, 0.2) is 11.6 Å². The number of fused-ring (bicyclic) bond motifs is 1. The summed E-state index contributed by atoms with van der Waals surface area (Å²) in [6.45, 7) is 0.691. The maximum Gasteiger partial charge on any atom is 0.194 e. The van der Waals surface area contributed by atoms with E-state index in [9.17, 15) is 9.59 Å². The quantitative estimate of drug-likeness (QED) is 0.736. The Morgan fingerprint density at radius 2 is 1.88 bits per heavy atom. The lowest BCUT2D eigenvalue weighted by molar-refractivity contribution is 0.0994. The first-order valence-electron chi connectivity index (χ1n) is 5.59. The van der Waals surface area contributed by atoms with Crippen LogP contribution in [0.25, 0.3) is 0 Å². The van der Waals surface area contributed by atoms with E-state index in [2.05, 4.69) is 0 Å². The third-order valence-electron chi connectivity index (χ3n) is 3.06. The molecule has 0 unspecified atom stereocenters. The van der Waals surface area contributed by atoms with Crippen LogP contribution < -0.4 is 0 Å². The number of benzene rings is 1. The van der Waals surface area contributed by atoms with Crippen LogP contribution in [0.15, 0.2) is 42.6 Å². The number of aromatic nitrogens is 1. The SMILES string of the molecule is O=C(c1ccccc1)c1cc2n(c1)CCC2=O. The highest BCUT2D eigenvalue weighted by Crippen LogP contribution is 2.20. The molecule has 0 amide bonds. The molecule has 0 radical (unpaired) electrons. The number of carbonyl (C=O) groups is 2. The molecule has 0 aliphatic carbocycles. The zero-order valence-corrected chi connectivity index (χ0v) is 9.22. The van der Waals surface area contributed by atoms with Crippen molar-refractivity contribution in [1.29, 1.82) is 0 Å². The summed E-state index contributed by atoms with van der Waals surface area (Å²) < 4.78 is 1.86. The Bertz CT molecular complexity index is 596. The molecule has 1 aromatic heterocycles. The van der Waals surface area contributed by atoms with Crippen molar-refractivity contribution in [1.82, 2.24) is 4.57 Å². The van der Waals surface area contributed by atoms with Crippen LogP contribution in [0.3, 0.4) is 0 Å². The molecule has 1 aliphatic heterocycles. The standard InChI is InChI=1S/C14H11NO2/c16-13-6-7-15-9-11(8-12(13)15)14(17)10-4-2-1-3-5-10/h1-5,8-9H,6-7H2. The van der Waals surface area contributed by atoms with Gasteiger partial charge in [0.1, 0.15) is 0 Å². The van der Waals surface area contributed by atoms with Gasteiger partial charge in [0.2, 0.25) is 0 Å². The van der Waals surface area contributed by atoms with E-state index in [4.69, 9.17) is 0 Å². The molecule has 84 valence electrons. The van der Waals surface area contributed by atoms with Crippen LogP contribution >= 0.6 is 0 Å². The monoisotopic (exact) mass is 225 g/mol. The Kier molecular flexibility index (Phi) is 2.18. The Morgan fingerprint density at radius 1 is 1.12 bits per heavy atom. The second-order valence-corrected chi connectivity index (χ2v) is 4.18. The van der Waals surface area contributed by atoms with Crippen molar-refractivity contribution in [2.75, 3.05) is 0 Å². The van der Waals surface area contributed by atoms with Gasteiger partial charge in [-0.1, -0.05) is 30.3 Å². The van der Waals surface area contributed by atoms with E-state index < -0.39 is 0 Å². The van der Waals surface area contributed by atoms with Gasteiger partial charge in [-0.2, -0.15) is 0 Å². The van der Waals surface area contributed by atoms with Crippen LogP contribution in [0.2, 0.25) is 0 Å². The average Bonchev–Trinajstić information content (AvgIpc) is 2.92. The second-order valence-electron chi connectivity index (χ2n) is 4.18. The van der Waals surface area contributed by atoms with Crippen LogP contribution in [-0.2, 0) is 6.54 Å². The lowest BCUT2D eigenvalue weighted by Crippen LogP contribution is -2.00. The Morgan fingerprint density at radius 3 is 2.59 bits per heavy atom. The Hall–Kier alpha value is -2.16. The van der Waals surface area contributed by atoms with Crippen LogP contribution in [0.5, 0.6) is 0 Å². The number of Topliss-reactive ketones (excluding diaryl/α,β-unsaturated/α-hetero) is 1. The summed E-state index contributed by atoms with van der Waals surface area (Å²) in [6.07, 6.45) is 2.32. The van der Waals surface area contributed by atoms with Crippen molar-refractivity contribution in [3.8, 4) is 0 Å². The number of carbonyl (C=O) groups excluding carboxylic acids is 2. The summed E-state index contributed by atoms with van der Waals surface area (Å²) in [5.74, 6) is 0.0948.